The Balaban J connectivity index is 1.50. The van der Waals surface area contributed by atoms with Crippen LogP contribution >= 0.6 is 7.82 Å². The van der Waals surface area contributed by atoms with Gasteiger partial charge in [-0.15, -0.1) is 0 Å². The summed E-state index contributed by atoms with van der Waals surface area (Å²) in [5.41, 5.74) is -0.0150. The van der Waals surface area contributed by atoms with Crippen molar-refractivity contribution in [3.63, 3.8) is 0 Å². The average molecular weight is 470 g/mol. The van der Waals surface area contributed by atoms with Crippen LogP contribution in [0.15, 0.2) is 27.9 Å². The van der Waals surface area contributed by atoms with Crippen molar-refractivity contribution in [1.29, 1.82) is 0 Å². The van der Waals surface area contributed by atoms with Gasteiger partial charge in [0, 0.05) is 18.2 Å². The first-order valence-corrected chi connectivity index (χ1v) is 11.0. The smallest absolute Gasteiger partial charge is 0.403 e. The zero-order valence-electron chi connectivity index (χ0n) is 17.1. The molecule has 2 aromatic rings. The van der Waals surface area contributed by atoms with Crippen LogP contribution in [0.3, 0.4) is 0 Å². The molecule has 11 nitrogen and oxygen atoms in total. The highest BCUT2D eigenvalue weighted by Crippen LogP contribution is 2.56. The molecule has 4 atom stereocenters. The summed E-state index contributed by atoms with van der Waals surface area (Å²) in [5.74, 6) is -2.34. The van der Waals surface area contributed by atoms with E-state index in [4.69, 9.17) is 18.3 Å². The number of aromatic amines is 1. The van der Waals surface area contributed by atoms with Gasteiger partial charge in [-0.1, -0.05) is 17.7 Å². The van der Waals surface area contributed by atoms with Gasteiger partial charge in [-0.25, -0.2) is 13.8 Å². The molecule has 13 heteroatoms. The molecule has 2 aliphatic heterocycles. The summed E-state index contributed by atoms with van der Waals surface area (Å²) < 4.78 is 49.7. The summed E-state index contributed by atoms with van der Waals surface area (Å²) in [7, 11) is -4.19. The number of aldehydes is 1. The summed E-state index contributed by atoms with van der Waals surface area (Å²) in [5, 5.41) is 10.2. The fraction of sp³-hybridized carbons (Fsp3) is 0.421. The van der Waals surface area contributed by atoms with Crippen molar-refractivity contribution in [2.45, 2.75) is 45.1 Å². The van der Waals surface area contributed by atoms with Crippen molar-refractivity contribution in [2.75, 3.05) is 6.61 Å². The number of aromatic nitrogens is 2. The lowest BCUT2D eigenvalue weighted by Crippen LogP contribution is -2.37. The number of hydrogen-bond acceptors (Lipinski definition) is 9. The van der Waals surface area contributed by atoms with Crippen LogP contribution in [-0.2, 0) is 25.0 Å². The highest BCUT2D eigenvalue weighted by atomic mass is 31.2. The molecule has 0 bridgehead atoms. The van der Waals surface area contributed by atoms with E-state index in [0.717, 1.165) is 11.8 Å². The van der Waals surface area contributed by atoms with Crippen molar-refractivity contribution < 1.29 is 37.2 Å². The molecular weight excluding hydrogens is 450 g/mol. The van der Waals surface area contributed by atoms with Gasteiger partial charge in [0.15, 0.2) is 12.5 Å². The molecule has 0 saturated carbocycles. The molecule has 172 valence electrons. The van der Waals surface area contributed by atoms with Crippen molar-refractivity contribution in [3.05, 3.63) is 61.4 Å². The monoisotopic (exact) mass is 470 g/mol. The molecule has 32 heavy (non-hydrogen) atoms. The first kappa shape index (κ1) is 22.6. The number of rotatable bonds is 5. The maximum absolute atomic E-state index is 15.2. The van der Waals surface area contributed by atoms with Gasteiger partial charge in [0.1, 0.15) is 18.5 Å². The zero-order chi connectivity index (χ0) is 23.3. The fourth-order valence-corrected chi connectivity index (χ4v) is 4.98. The number of nitrogens with one attached hydrogen (secondary N) is 1. The van der Waals surface area contributed by atoms with Crippen molar-refractivity contribution >= 4 is 14.1 Å². The molecule has 2 N–H and O–H groups in total. The number of fused-ring (bicyclic) bond motifs is 1. The van der Waals surface area contributed by atoms with Gasteiger partial charge in [0.2, 0.25) is 5.85 Å². The number of phosphoric ester groups is 1. The number of H-pyrrole nitrogens is 1. The van der Waals surface area contributed by atoms with Crippen molar-refractivity contribution in [3.8, 4) is 5.75 Å². The van der Waals surface area contributed by atoms with Gasteiger partial charge in [-0.05, 0) is 19.4 Å². The molecule has 0 spiro atoms. The third kappa shape index (κ3) is 4.19. The van der Waals surface area contributed by atoms with Crippen LogP contribution in [0.2, 0.25) is 0 Å². The Morgan fingerprint density at radius 1 is 1.41 bits per heavy atom. The number of alkyl halides is 1. The maximum atomic E-state index is 15.2. The molecule has 3 heterocycles. The number of carbonyl (C=O) groups is 1. The largest absolute Gasteiger partial charge is 0.530 e. The lowest BCUT2D eigenvalue weighted by molar-refractivity contribution is -0.179. The highest BCUT2D eigenvalue weighted by Gasteiger charge is 2.50. The molecule has 1 aromatic carbocycles. The Bertz CT molecular complexity index is 1240. The predicted octanol–water partition coefficient (Wildman–Crippen LogP) is 1.65. The zero-order valence-corrected chi connectivity index (χ0v) is 18.0. The van der Waals surface area contributed by atoms with E-state index in [2.05, 4.69) is 0 Å². The lowest BCUT2D eigenvalue weighted by atomic mass is 10.1. The number of aliphatic hydroxyl groups excluding tert-OH is 1. The first-order chi connectivity index (χ1) is 15.0. The molecule has 1 fully saturated rings. The van der Waals surface area contributed by atoms with Crippen LogP contribution in [-0.4, -0.2) is 39.5 Å². The van der Waals surface area contributed by atoms with Crippen LogP contribution in [0.5, 0.6) is 5.75 Å². The van der Waals surface area contributed by atoms with Gasteiger partial charge in [0.05, 0.1) is 12.2 Å². The highest BCUT2D eigenvalue weighted by molar-refractivity contribution is 7.49. The fourth-order valence-electron chi connectivity index (χ4n) is 3.67. The molecule has 1 saturated heterocycles. The van der Waals surface area contributed by atoms with Crippen molar-refractivity contribution in [2.24, 2.45) is 0 Å². The van der Waals surface area contributed by atoms with Gasteiger partial charge in [-0.3, -0.25) is 28.2 Å². The predicted molar refractivity (Wildman–Crippen MR) is 106 cm³/mol. The topological polar surface area (TPSA) is 146 Å². The minimum absolute atomic E-state index is 0.0677. The lowest BCUT2D eigenvalue weighted by Gasteiger charge is -2.28. The molecular formula is C19H20FN2O9P. The van der Waals surface area contributed by atoms with Gasteiger partial charge in [0.25, 0.3) is 5.56 Å². The van der Waals surface area contributed by atoms with Crippen LogP contribution < -0.4 is 15.8 Å². The third-order valence-electron chi connectivity index (χ3n) is 5.09. The summed E-state index contributed by atoms with van der Waals surface area (Å²) >= 11 is 0. The van der Waals surface area contributed by atoms with E-state index in [9.17, 15) is 24.1 Å². The van der Waals surface area contributed by atoms with Crippen LogP contribution in [0.1, 0.15) is 39.7 Å². The number of phosphoric acid groups is 1. The van der Waals surface area contributed by atoms with Crippen LogP contribution in [0, 0.1) is 13.8 Å². The number of carbonyl (C=O) groups excluding carboxylic acids is 1. The minimum Gasteiger partial charge on any atom is -0.403 e. The SMILES string of the molecule is Cc1cc(C)c2c(c1)COP(=O)(OC[C@]1(F)C[C@@H](O)[C@H](n3cc(C=O)c(=O)[nH]c3=O)O1)O2. The van der Waals surface area contributed by atoms with Gasteiger partial charge in [-0.2, -0.15) is 0 Å². The van der Waals surface area contributed by atoms with E-state index in [0.29, 0.717) is 21.4 Å². The second-order valence-electron chi connectivity index (χ2n) is 7.69. The van der Waals surface area contributed by atoms with Gasteiger partial charge < -0.3 is 14.4 Å². The van der Waals surface area contributed by atoms with Gasteiger partial charge >= 0.3 is 13.5 Å². The normalized spacial score (nSPS) is 29.4. The molecule has 1 aromatic heterocycles. The number of benzene rings is 1. The van der Waals surface area contributed by atoms with Crippen LogP contribution in [0.25, 0.3) is 0 Å². The quantitative estimate of drug-likeness (QED) is 0.492. The molecule has 1 unspecified atom stereocenters. The Morgan fingerprint density at radius 3 is 2.88 bits per heavy atom. The second kappa shape index (κ2) is 8.05. The number of nitrogens with zero attached hydrogens (tertiary/aromatic N) is 1. The third-order valence-corrected chi connectivity index (χ3v) is 6.38. The maximum Gasteiger partial charge on any atom is 0.530 e. The first-order valence-electron chi connectivity index (χ1n) is 9.57. The van der Waals surface area contributed by atoms with E-state index < -0.39 is 55.8 Å². The molecule has 0 amide bonds. The molecule has 0 aliphatic carbocycles. The Labute approximate surface area is 180 Å². The van der Waals surface area contributed by atoms with E-state index in [1.54, 1.807) is 13.0 Å². The molecule has 0 radical (unpaired) electrons. The summed E-state index contributed by atoms with van der Waals surface area (Å²) in [6.45, 7) is 2.64. The van der Waals surface area contributed by atoms with E-state index in [1.807, 2.05) is 18.0 Å². The minimum atomic E-state index is -4.19. The number of ether oxygens (including phenoxy) is 1. The van der Waals surface area contributed by atoms with E-state index in [-0.39, 0.29) is 12.9 Å². The van der Waals surface area contributed by atoms with Crippen molar-refractivity contribution in [1.82, 2.24) is 9.55 Å². The number of halogens is 1. The Morgan fingerprint density at radius 2 is 2.16 bits per heavy atom. The van der Waals surface area contributed by atoms with Crippen LogP contribution in [0.4, 0.5) is 4.39 Å². The second-order valence-corrected chi connectivity index (χ2v) is 9.28. The summed E-state index contributed by atoms with van der Waals surface area (Å²) in [4.78, 5) is 36.4. The molecule has 2 aliphatic rings. The number of aryl methyl sites for hydroxylation is 2. The summed E-state index contributed by atoms with van der Waals surface area (Å²) in [6.07, 6.45) is -2.69. The van der Waals surface area contributed by atoms with E-state index >= 15 is 4.39 Å². The Kier molecular flexibility index (Phi) is 5.68. The number of aliphatic hydroxyl groups is 1. The average Bonchev–Trinajstić information content (AvgIpc) is 3.02. The molecule has 4 rings (SSSR count). The number of hydrogen-bond donors (Lipinski definition) is 2. The standard InChI is InChI=1S/C19H20FN2O9P/c1-10-3-11(2)15-12(4-10)8-28-32(27,31-15)29-9-19(20)5-14(24)17(30-19)22-6-13(7-23)16(25)21-18(22)26/h3-4,6-7,14,17,24H,5,8-9H2,1-2H3,(H,21,25,26)/t14-,17-,19+,32?/m1/s1. The summed E-state index contributed by atoms with van der Waals surface area (Å²) in [6, 6.07) is 3.63. The van der Waals surface area contributed by atoms with E-state index in [1.165, 1.54) is 0 Å². The Hall–Kier alpha value is -2.63.